The van der Waals surface area contributed by atoms with Crippen molar-refractivity contribution in [2.75, 3.05) is 46.3 Å². The SMILES string of the molecule is CCNC(=NCc1c(C)nn(C)c1C)NCCCN1CCN(C)CC1c1ccccc1.I. The first-order valence-electron chi connectivity index (χ1n) is 11.5. The third-order valence-electron chi connectivity index (χ3n) is 6.19. The number of hydrogen-bond acceptors (Lipinski definition) is 4. The van der Waals surface area contributed by atoms with Crippen molar-refractivity contribution in [2.24, 2.45) is 12.0 Å². The minimum atomic E-state index is 0. The molecule has 3 rings (SSSR count). The highest BCUT2D eigenvalue weighted by atomic mass is 127. The van der Waals surface area contributed by atoms with Crippen LogP contribution in [0, 0.1) is 13.8 Å². The lowest BCUT2D eigenvalue weighted by Crippen LogP contribution is -2.47. The highest BCUT2D eigenvalue weighted by Gasteiger charge is 2.25. The third kappa shape index (κ3) is 7.18. The molecule has 178 valence electrons. The standard InChI is InChI=1S/C24H39N7.HI/c1-6-25-24(27-17-22-19(2)28-30(5)20(22)3)26-13-10-14-31-16-15-29(4)18-23(31)21-11-8-7-9-12-21;/h7-9,11-12,23H,6,10,13-18H2,1-5H3,(H2,25,26,27);1H. The van der Waals surface area contributed by atoms with Crippen molar-refractivity contribution in [1.82, 2.24) is 30.2 Å². The molecule has 0 radical (unpaired) electrons. The second-order valence-electron chi connectivity index (χ2n) is 8.47. The summed E-state index contributed by atoms with van der Waals surface area (Å²) in [5.74, 6) is 0.878. The fourth-order valence-electron chi connectivity index (χ4n) is 4.25. The number of halogens is 1. The number of rotatable bonds is 8. The minimum Gasteiger partial charge on any atom is -0.357 e. The summed E-state index contributed by atoms with van der Waals surface area (Å²) < 4.78 is 1.93. The maximum absolute atomic E-state index is 4.80. The van der Waals surface area contributed by atoms with E-state index in [4.69, 9.17) is 4.99 Å². The molecule has 1 atom stereocenters. The van der Waals surface area contributed by atoms with Crippen molar-refractivity contribution in [3.05, 3.63) is 52.8 Å². The van der Waals surface area contributed by atoms with Gasteiger partial charge in [0.2, 0.25) is 0 Å². The van der Waals surface area contributed by atoms with Crippen LogP contribution in [0.4, 0.5) is 0 Å². The Morgan fingerprint density at radius 1 is 1.12 bits per heavy atom. The van der Waals surface area contributed by atoms with E-state index in [0.717, 1.165) is 57.3 Å². The maximum Gasteiger partial charge on any atom is 0.191 e. The van der Waals surface area contributed by atoms with E-state index in [1.165, 1.54) is 16.8 Å². The molecule has 1 aromatic heterocycles. The molecule has 0 saturated carbocycles. The summed E-state index contributed by atoms with van der Waals surface area (Å²) in [6, 6.07) is 11.4. The van der Waals surface area contributed by atoms with Gasteiger partial charge < -0.3 is 15.5 Å². The largest absolute Gasteiger partial charge is 0.357 e. The summed E-state index contributed by atoms with van der Waals surface area (Å²) >= 11 is 0. The highest BCUT2D eigenvalue weighted by Crippen LogP contribution is 2.24. The predicted octanol–water partition coefficient (Wildman–Crippen LogP) is 3.09. The summed E-state index contributed by atoms with van der Waals surface area (Å²) in [6.07, 6.45) is 1.09. The van der Waals surface area contributed by atoms with Gasteiger partial charge in [0.1, 0.15) is 0 Å². The van der Waals surface area contributed by atoms with Gasteiger partial charge in [-0.25, -0.2) is 4.99 Å². The van der Waals surface area contributed by atoms with E-state index in [1.807, 2.05) is 11.7 Å². The molecule has 1 saturated heterocycles. The number of nitrogens with one attached hydrogen (secondary N) is 2. The van der Waals surface area contributed by atoms with E-state index in [0.29, 0.717) is 12.6 Å². The number of aromatic nitrogens is 2. The molecule has 0 spiro atoms. The monoisotopic (exact) mass is 553 g/mol. The number of aryl methyl sites for hydroxylation is 2. The lowest BCUT2D eigenvalue weighted by Gasteiger charge is -2.40. The van der Waals surface area contributed by atoms with Gasteiger partial charge in [-0.15, -0.1) is 24.0 Å². The zero-order valence-corrected chi connectivity index (χ0v) is 22.6. The molecule has 2 N–H and O–H groups in total. The average Bonchev–Trinajstić information content (AvgIpc) is 3.01. The van der Waals surface area contributed by atoms with Gasteiger partial charge in [0.25, 0.3) is 0 Å². The summed E-state index contributed by atoms with van der Waals surface area (Å²) in [4.78, 5) is 9.86. The summed E-state index contributed by atoms with van der Waals surface area (Å²) in [5, 5.41) is 11.4. The normalized spacial score (nSPS) is 17.8. The van der Waals surface area contributed by atoms with Crippen molar-refractivity contribution >= 4 is 29.9 Å². The van der Waals surface area contributed by atoms with Gasteiger partial charge in [0.05, 0.1) is 12.2 Å². The molecule has 1 unspecified atom stereocenters. The van der Waals surface area contributed by atoms with Crippen LogP contribution in [0.25, 0.3) is 0 Å². The summed E-state index contributed by atoms with van der Waals surface area (Å²) in [7, 11) is 4.21. The van der Waals surface area contributed by atoms with Crippen molar-refractivity contribution < 1.29 is 0 Å². The first kappa shape index (κ1) is 26.6. The Hall–Kier alpha value is -1.65. The fraction of sp³-hybridized carbons (Fsp3) is 0.583. The van der Waals surface area contributed by atoms with Crippen LogP contribution in [0.15, 0.2) is 35.3 Å². The van der Waals surface area contributed by atoms with Crippen LogP contribution in [0.3, 0.4) is 0 Å². The molecule has 1 aromatic carbocycles. The van der Waals surface area contributed by atoms with Crippen molar-refractivity contribution in [2.45, 2.75) is 39.8 Å². The zero-order chi connectivity index (χ0) is 22.2. The molecule has 8 heteroatoms. The maximum atomic E-state index is 4.80. The Morgan fingerprint density at radius 2 is 1.88 bits per heavy atom. The second-order valence-corrected chi connectivity index (χ2v) is 8.47. The molecule has 1 aliphatic rings. The Morgan fingerprint density at radius 3 is 2.53 bits per heavy atom. The van der Waals surface area contributed by atoms with E-state index in [-0.39, 0.29) is 24.0 Å². The van der Waals surface area contributed by atoms with Crippen molar-refractivity contribution in [3.63, 3.8) is 0 Å². The van der Waals surface area contributed by atoms with E-state index in [9.17, 15) is 0 Å². The minimum absolute atomic E-state index is 0. The molecular formula is C24H40IN7. The highest BCUT2D eigenvalue weighted by molar-refractivity contribution is 14.0. The van der Waals surface area contributed by atoms with Crippen LogP contribution in [0.2, 0.25) is 0 Å². The lowest BCUT2D eigenvalue weighted by atomic mass is 10.0. The van der Waals surface area contributed by atoms with Gasteiger partial charge in [0, 0.05) is 63.6 Å². The van der Waals surface area contributed by atoms with E-state index in [1.54, 1.807) is 0 Å². The number of benzene rings is 1. The Balaban J connectivity index is 0.00000363. The van der Waals surface area contributed by atoms with Gasteiger partial charge in [0.15, 0.2) is 5.96 Å². The quantitative estimate of drug-likeness (QED) is 0.228. The van der Waals surface area contributed by atoms with Crippen LogP contribution in [-0.2, 0) is 13.6 Å². The molecule has 1 fully saturated rings. The first-order chi connectivity index (χ1) is 15.0. The van der Waals surface area contributed by atoms with Crippen molar-refractivity contribution in [3.8, 4) is 0 Å². The Bertz CT molecular complexity index is 850. The van der Waals surface area contributed by atoms with Crippen LogP contribution in [0.1, 0.15) is 41.9 Å². The molecule has 2 heterocycles. The van der Waals surface area contributed by atoms with Crippen LogP contribution in [0.5, 0.6) is 0 Å². The molecule has 0 amide bonds. The lowest BCUT2D eigenvalue weighted by molar-refractivity contribution is 0.0891. The van der Waals surface area contributed by atoms with Crippen molar-refractivity contribution in [1.29, 1.82) is 0 Å². The predicted molar refractivity (Wildman–Crippen MR) is 144 cm³/mol. The van der Waals surface area contributed by atoms with E-state index in [2.05, 4.69) is 83.7 Å². The molecule has 7 nitrogen and oxygen atoms in total. The van der Waals surface area contributed by atoms with Crippen LogP contribution in [-0.4, -0.2) is 71.9 Å². The molecule has 2 aromatic rings. The molecule has 1 aliphatic heterocycles. The van der Waals surface area contributed by atoms with Crippen LogP contribution < -0.4 is 10.6 Å². The molecule has 0 aliphatic carbocycles. The van der Waals surface area contributed by atoms with Gasteiger partial charge in [-0.2, -0.15) is 5.10 Å². The number of piperazine rings is 1. The van der Waals surface area contributed by atoms with E-state index >= 15 is 0 Å². The number of nitrogens with zero attached hydrogens (tertiary/aromatic N) is 5. The summed E-state index contributed by atoms with van der Waals surface area (Å²) in [6.45, 7) is 13.1. The smallest absolute Gasteiger partial charge is 0.191 e. The number of aliphatic imine (C=N–C) groups is 1. The summed E-state index contributed by atoms with van der Waals surface area (Å²) in [5.41, 5.74) is 4.86. The number of guanidine groups is 1. The molecule has 0 bridgehead atoms. The zero-order valence-electron chi connectivity index (χ0n) is 20.3. The van der Waals surface area contributed by atoms with Gasteiger partial charge in [-0.05, 0) is 39.8 Å². The second kappa shape index (κ2) is 13.2. The third-order valence-corrected chi connectivity index (χ3v) is 6.19. The topological polar surface area (TPSA) is 60.7 Å². The first-order valence-corrected chi connectivity index (χ1v) is 11.5. The fourth-order valence-corrected chi connectivity index (χ4v) is 4.25. The average molecular weight is 554 g/mol. The number of likely N-dealkylation sites (N-methyl/N-ethyl adjacent to an activating group) is 1. The van der Waals surface area contributed by atoms with Crippen LogP contribution >= 0.6 is 24.0 Å². The Kier molecular flexibility index (Phi) is 10.9. The van der Waals surface area contributed by atoms with Gasteiger partial charge >= 0.3 is 0 Å². The Labute approximate surface area is 210 Å². The molecule has 32 heavy (non-hydrogen) atoms. The number of hydrogen-bond donors (Lipinski definition) is 2. The van der Waals surface area contributed by atoms with Gasteiger partial charge in [-0.1, -0.05) is 30.3 Å². The van der Waals surface area contributed by atoms with Gasteiger partial charge in [-0.3, -0.25) is 9.58 Å². The molecular weight excluding hydrogens is 513 g/mol. The van der Waals surface area contributed by atoms with E-state index < -0.39 is 0 Å².